The number of ether oxygens (including phenoxy) is 1. The maximum atomic E-state index is 13.1. The molecule has 0 atom stereocenters. The lowest BCUT2D eigenvalue weighted by Gasteiger charge is -2.36. The molecule has 1 fully saturated rings. The Morgan fingerprint density at radius 3 is 2.36 bits per heavy atom. The number of benzene rings is 2. The maximum Gasteiger partial charge on any atom is 0.159 e. The van der Waals surface area contributed by atoms with E-state index in [9.17, 15) is 9.18 Å². The highest BCUT2D eigenvalue weighted by molar-refractivity contribution is 5.94. The van der Waals surface area contributed by atoms with Crippen molar-refractivity contribution in [2.24, 2.45) is 0 Å². The number of hydrogen-bond donors (Lipinski definition) is 0. The van der Waals surface area contributed by atoms with Crippen molar-refractivity contribution in [2.45, 2.75) is 13.5 Å². The van der Waals surface area contributed by atoms with Crippen LogP contribution in [0.15, 0.2) is 42.5 Å². The third-order valence-electron chi connectivity index (χ3n) is 4.64. The van der Waals surface area contributed by atoms with Gasteiger partial charge in [0.15, 0.2) is 5.78 Å². The summed E-state index contributed by atoms with van der Waals surface area (Å²) in [5, 5.41) is 0. The van der Waals surface area contributed by atoms with Crippen molar-refractivity contribution < 1.29 is 13.9 Å². The summed E-state index contributed by atoms with van der Waals surface area (Å²) in [4.78, 5) is 16.2. The largest absolute Gasteiger partial charge is 0.496 e. The molecule has 25 heavy (non-hydrogen) atoms. The first-order valence-electron chi connectivity index (χ1n) is 8.47. The first-order chi connectivity index (χ1) is 12.1. The van der Waals surface area contributed by atoms with Crippen molar-refractivity contribution in [3.8, 4) is 5.75 Å². The van der Waals surface area contributed by atoms with Gasteiger partial charge >= 0.3 is 0 Å². The number of ketones is 1. The highest BCUT2D eigenvalue weighted by atomic mass is 19.1. The third-order valence-corrected chi connectivity index (χ3v) is 4.64. The van der Waals surface area contributed by atoms with Gasteiger partial charge in [0.05, 0.1) is 7.11 Å². The van der Waals surface area contributed by atoms with Crippen LogP contribution in [0.1, 0.15) is 22.8 Å². The molecule has 0 aliphatic carbocycles. The van der Waals surface area contributed by atoms with Crippen molar-refractivity contribution in [1.82, 2.24) is 4.90 Å². The predicted molar refractivity (Wildman–Crippen MR) is 96.9 cm³/mol. The molecule has 1 saturated heterocycles. The van der Waals surface area contributed by atoms with Crippen LogP contribution in [0.3, 0.4) is 0 Å². The van der Waals surface area contributed by atoms with E-state index in [2.05, 4.69) is 9.80 Å². The lowest BCUT2D eigenvalue weighted by atomic mass is 10.1. The summed E-state index contributed by atoms with van der Waals surface area (Å²) in [6, 6.07) is 12.2. The van der Waals surface area contributed by atoms with E-state index < -0.39 is 0 Å². The second-order valence-electron chi connectivity index (χ2n) is 6.32. The van der Waals surface area contributed by atoms with Crippen LogP contribution in [0.2, 0.25) is 0 Å². The summed E-state index contributed by atoms with van der Waals surface area (Å²) in [5.74, 6) is 0.663. The van der Waals surface area contributed by atoms with Gasteiger partial charge in [0.25, 0.3) is 0 Å². The van der Waals surface area contributed by atoms with Gasteiger partial charge in [-0.25, -0.2) is 4.39 Å². The molecule has 3 rings (SSSR count). The lowest BCUT2D eigenvalue weighted by Crippen LogP contribution is -2.46. The highest BCUT2D eigenvalue weighted by Crippen LogP contribution is 2.23. The first-order valence-corrected chi connectivity index (χ1v) is 8.47. The summed E-state index contributed by atoms with van der Waals surface area (Å²) in [6.45, 7) is 5.92. The molecule has 1 aliphatic rings. The van der Waals surface area contributed by atoms with Gasteiger partial charge in [-0.3, -0.25) is 9.69 Å². The molecule has 132 valence electrons. The standard InChI is InChI=1S/C20H23FN2O2/c1-15(24)16-3-8-20(25-2)17(13-16)14-22-9-11-23(12-10-22)19-6-4-18(21)5-7-19/h3-8,13H,9-12,14H2,1-2H3. The molecule has 0 amide bonds. The number of anilines is 1. The Hall–Kier alpha value is -2.40. The Bertz CT molecular complexity index is 738. The fourth-order valence-electron chi connectivity index (χ4n) is 3.18. The monoisotopic (exact) mass is 342 g/mol. The number of nitrogens with zero attached hydrogens (tertiary/aromatic N) is 2. The van der Waals surface area contributed by atoms with E-state index >= 15 is 0 Å². The third kappa shape index (κ3) is 4.17. The normalized spacial score (nSPS) is 15.2. The molecule has 4 nitrogen and oxygen atoms in total. The summed E-state index contributed by atoms with van der Waals surface area (Å²) in [5.41, 5.74) is 2.79. The van der Waals surface area contributed by atoms with Gasteiger partial charge in [0, 0.05) is 49.5 Å². The number of piperazine rings is 1. The van der Waals surface area contributed by atoms with Crippen LogP contribution < -0.4 is 9.64 Å². The fraction of sp³-hybridized carbons (Fsp3) is 0.350. The molecule has 1 aliphatic heterocycles. The molecular weight excluding hydrogens is 319 g/mol. The van der Waals surface area contributed by atoms with E-state index in [1.54, 1.807) is 20.1 Å². The zero-order valence-corrected chi connectivity index (χ0v) is 14.7. The van der Waals surface area contributed by atoms with Gasteiger partial charge in [-0.15, -0.1) is 0 Å². The molecule has 0 N–H and O–H groups in total. The average molecular weight is 342 g/mol. The number of carbonyl (C=O) groups excluding carboxylic acids is 1. The minimum absolute atomic E-state index is 0.0602. The fourth-order valence-corrected chi connectivity index (χ4v) is 3.18. The minimum atomic E-state index is -0.208. The Balaban J connectivity index is 1.65. The smallest absolute Gasteiger partial charge is 0.159 e. The summed E-state index contributed by atoms with van der Waals surface area (Å²) in [7, 11) is 1.65. The number of methoxy groups -OCH3 is 1. The molecule has 1 heterocycles. The SMILES string of the molecule is COc1ccc(C(C)=O)cc1CN1CCN(c2ccc(F)cc2)CC1. The molecule has 0 aromatic heterocycles. The van der Waals surface area contributed by atoms with Crippen molar-refractivity contribution in [1.29, 1.82) is 0 Å². The van der Waals surface area contributed by atoms with Crippen LogP contribution in [0.25, 0.3) is 0 Å². The van der Waals surface area contributed by atoms with Gasteiger partial charge < -0.3 is 9.64 Å². The van der Waals surface area contributed by atoms with E-state index in [1.165, 1.54) is 12.1 Å². The predicted octanol–water partition coefficient (Wildman–Crippen LogP) is 3.36. The first kappa shape index (κ1) is 17.4. The Kier molecular flexibility index (Phi) is 5.34. The van der Waals surface area contributed by atoms with E-state index in [1.807, 2.05) is 24.3 Å². The number of carbonyl (C=O) groups is 1. The summed E-state index contributed by atoms with van der Waals surface area (Å²) in [6.07, 6.45) is 0. The maximum absolute atomic E-state index is 13.1. The molecule has 2 aromatic carbocycles. The van der Waals surface area contributed by atoms with Gasteiger partial charge in [-0.1, -0.05) is 0 Å². The topological polar surface area (TPSA) is 32.8 Å². The Labute approximate surface area is 147 Å². The van der Waals surface area contributed by atoms with Crippen LogP contribution in [-0.2, 0) is 6.54 Å². The quantitative estimate of drug-likeness (QED) is 0.780. The molecular formula is C20H23FN2O2. The van der Waals surface area contributed by atoms with E-state index in [0.29, 0.717) is 5.56 Å². The van der Waals surface area contributed by atoms with Gasteiger partial charge in [-0.2, -0.15) is 0 Å². The number of rotatable bonds is 5. The average Bonchev–Trinajstić information content (AvgIpc) is 2.63. The summed E-state index contributed by atoms with van der Waals surface area (Å²) >= 11 is 0. The van der Waals surface area contributed by atoms with E-state index in [0.717, 1.165) is 49.7 Å². The van der Waals surface area contributed by atoms with Crippen LogP contribution in [0, 0.1) is 5.82 Å². The highest BCUT2D eigenvalue weighted by Gasteiger charge is 2.19. The van der Waals surface area contributed by atoms with Crippen LogP contribution in [0.5, 0.6) is 5.75 Å². The number of halogens is 1. The van der Waals surface area contributed by atoms with Crippen molar-refractivity contribution in [2.75, 3.05) is 38.2 Å². The van der Waals surface area contributed by atoms with Gasteiger partial charge in [0.2, 0.25) is 0 Å². The minimum Gasteiger partial charge on any atom is -0.496 e. The Morgan fingerprint density at radius 2 is 1.76 bits per heavy atom. The molecule has 5 heteroatoms. The van der Waals surface area contributed by atoms with E-state index in [-0.39, 0.29) is 11.6 Å². The Morgan fingerprint density at radius 1 is 1.08 bits per heavy atom. The van der Waals surface area contributed by atoms with Crippen LogP contribution >= 0.6 is 0 Å². The molecule has 2 aromatic rings. The van der Waals surface area contributed by atoms with Crippen molar-refractivity contribution >= 4 is 11.5 Å². The van der Waals surface area contributed by atoms with Crippen LogP contribution in [-0.4, -0.2) is 44.0 Å². The van der Waals surface area contributed by atoms with Crippen LogP contribution in [0.4, 0.5) is 10.1 Å². The number of Topliss-reactive ketones (excluding diaryl/α,β-unsaturated/α-hetero) is 1. The second-order valence-corrected chi connectivity index (χ2v) is 6.32. The van der Waals surface area contributed by atoms with Crippen molar-refractivity contribution in [3.05, 3.63) is 59.4 Å². The molecule has 0 spiro atoms. The lowest BCUT2D eigenvalue weighted by molar-refractivity contribution is 0.101. The molecule has 0 saturated carbocycles. The molecule has 0 unspecified atom stereocenters. The van der Waals surface area contributed by atoms with Gasteiger partial charge in [0.1, 0.15) is 11.6 Å². The second kappa shape index (κ2) is 7.66. The summed E-state index contributed by atoms with van der Waals surface area (Å²) < 4.78 is 18.5. The zero-order valence-electron chi connectivity index (χ0n) is 14.7. The van der Waals surface area contributed by atoms with Crippen molar-refractivity contribution in [3.63, 3.8) is 0 Å². The zero-order chi connectivity index (χ0) is 17.8. The molecule has 0 radical (unpaired) electrons. The molecule has 0 bridgehead atoms. The van der Waals surface area contributed by atoms with Gasteiger partial charge in [-0.05, 0) is 49.4 Å². The van der Waals surface area contributed by atoms with E-state index in [4.69, 9.17) is 4.74 Å². The number of hydrogen-bond acceptors (Lipinski definition) is 4.